The first kappa shape index (κ1) is 18.2. The first-order valence-corrected chi connectivity index (χ1v) is 10.8. The number of rotatable bonds is 4. The Labute approximate surface area is 179 Å². The molecule has 2 N–H and O–H groups in total. The molecule has 1 fully saturated rings. The average Bonchev–Trinajstić information content (AvgIpc) is 3.43. The summed E-state index contributed by atoms with van der Waals surface area (Å²) in [6.07, 6.45) is 11.4. The first-order valence-electron chi connectivity index (χ1n) is 10.8. The van der Waals surface area contributed by atoms with Crippen LogP contribution in [-0.2, 0) is 6.54 Å². The molecular weight excluding hydrogens is 386 g/mol. The largest absolute Gasteiger partial charge is 0.352 e. The number of likely N-dealkylation sites (tertiary alicyclic amines) is 1. The summed E-state index contributed by atoms with van der Waals surface area (Å²) in [5.74, 6) is 0. The second kappa shape index (κ2) is 7.59. The Hall–Kier alpha value is -3.58. The molecule has 0 saturated carbocycles. The Morgan fingerprint density at radius 2 is 1.87 bits per heavy atom. The molecule has 0 amide bonds. The van der Waals surface area contributed by atoms with Crippen LogP contribution in [0.25, 0.3) is 44.6 Å². The number of pyridine rings is 3. The molecule has 7 nitrogen and oxygen atoms in total. The highest BCUT2D eigenvalue weighted by atomic mass is 15.1. The van der Waals surface area contributed by atoms with E-state index < -0.39 is 0 Å². The molecule has 0 aromatic carbocycles. The molecule has 5 aromatic rings. The zero-order valence-electron chi connectivity index (χ0n) is 17.2. The number of aromatic amines is 2. The fourth-order valence-corrected chi connectivity index (χ4v) is 4.45. The van der Waals surface area contributed by atoms with Crippen molar-refractivity contribution in [2.24, 2.45) is 0 Å². The third-order valence-corrected chi connectivity index (χ3v) is 6.04. The quantitative estimate of drug-likeness (QED) is 0.455. The van der Waals surface area contributed by atoms with Crippen molar-refractivity contribution in [3.8, 4) is 22.6 Å². The van der Waals surface area contributed by atoms with Crippen molar-refractivity contribution in [3.05, 3.63) is 60.7 Å². The van der Waals surface area contributed by atoms with Crippen molar-refractivity contribution >= 4 is 21.9 Å². The van der Waals surface area contributed by atoms with Crippen molar-refractivity contribution in [2.45, 2.75) is 25.8 Å². The minimum Gasteiger partial charge on any atom is -0.352 e. The summed E-state index contributed by atoms with van der Waals surface area (Å²) in [5.41, 5.74) is 7.80. The van der Waals surface area contributed by atoms with Crippen LogP contribution in [0.5, 0.6) is 0 Å². The average molecular weight is 409 g/mol. The molecule has 1 saturated heterocycles. The number of nitrogens with zero attached hydrogens (tertiary/aromatic N) is 5. The van der Waals surface area contributed by atoms with Crippen LogP contribution in [0.3, 0.4) is 0 Å². The number of hydrogen-bond donors (Lipinski definition) is 2. The van der Waals surface area contributed by atoms with Gasteiger partial charge in [0, 0.05) is 36.1 Å². The summed E-state index contributed by atoms with van der Waals surface area (Å²) < 4.78 is 0. The number of hydrogen-bond acceptors (Lipinski definition) is 5. The Morgan fingerprint density at radius 3 is 2.77 bits per heavy atom. The van der Waals surface area contributed by atoms with Gasteiger partial charge in [-0.1, -0.05) is 6.42 Å². The molecule has 0 aliphatic carbocycles. The molecule has 0 radical (unpaired) electrons. The number of H-pyrrole nitrogens is 2. The summed E-state index contributed by atoms with van der Waals surface area (Å²) >= 11 is 0. The highest BCUT2D eigenvalue weighted by Gasteiger charge is 2.15. The van der Waals surface area contributed by atoms with Gasteiger partial charge in [0.05, 0.1) is 34.1 Å². The minimum absolute atomic E-state index is 0.870. The molecule has 1 aliphatic rings. The van der Waals surface area contributed by atoms with Gasteiger partial charge in [-0.15, -0.1) is 0 Å². The van der Waals surface area contributed by atoms with Crippen molar-refractivity contribution < 1.29 is 0 Å². The molecule has 7 heteroatoms. The first-order chi connectivity index (χ1) is 15.3. The summed E-state index contributed by atoms with van der Waals surface area (Å²) in [4.78, 5) is 19.5. The van der Waals surface area contributed by atoms with Crippen LogP contribution in [0.15, 0.2) is 55.1 Å². The fraction of sp³-hybridized carbons (Fsp3) is 0.250. The number of fused-ring (bicyclic) bond motifs is 2. The lowest BCUT2D eigenvalue weighted by atomic mass is 10.1. The highest BCUT2D eigenvalue weighted by Crippen LogP contribution is 2.30. The van der Waals surface area contributed by atoms with Crippen LogP contribution < -0.4 is 0 Å². The van der Waals surface area contributed by atoms with Gasteiger partial charge in [-0.3, -0.25) is 25.0 Å². The standard InChI is InChI=1S/C24H23N7/c1-2-7-31(8-3-1)15-16-9-17(13-25-12-16)20-10-18-23(14-27-20)29-30-24(18)22-11-21-19(28-22)5-4-6-26-21/h4-6,9-14,28H,1-3,7-8,15H2,(H,29,30). The van der Waals surface area contributed by atoms with E-state index in [1.165, 1.54) is 37.9 Å². The molecule has 0 bridgehead atoms. The third kappa shape index (κ3) is 3.47. The van der Waals surface area contributed by atoms with E-state index >= 15 is 0 Å². The Bertz CT molecular complexity index is 1330. The predicted molar refractivity (Wildman–Crippen MR) is 121 cm³/mol. The molecule has 1 aliphatic heterocycles. The molecule has 31 heavy (non-hydrogen) atoms. The van der Waals surface area contributed by atoms with Crippen molar-refractivity contribution in [1.82, 2.24) is 35.0 Å². The zero-order valence-corrected chi connectivity index (χ0v) is 17.2. The normalized spacial score (nSPS) is 15.1. The van der Waals surface area contributed by atoms with E-state index in [-0.39, 0.29) is 0 Å². The molecule has 0 spiro atoms. The van der Waals surface area contributed by atoms with Gasteiger partial charge in [0.1, 0.15) is 5.69 Å². The van der Waals surface area contributed by atoms with E-state index in [1.54, 1.807) is 6.20 Å². The van der Waals surface area contributed by atoms with Crippen LogP contribution in [0.4, 0.5) is 0 Å². The molecule has 6 heterocycles. The maximum absolute atomic E-state index is 4.67. The van der Waals surface area contributed by atoms with Gasteiger partial charge in [0.25, 0.3) is 0 Å². The van der Waals surface area contributed by atoms with E-state index in [4.69, 9.17) is 0 Å². The second-order valence-corrected chi connectivity index (χ2v) is 8.23. The van der Waals surface area contributed by atoms with Crippen LogP contribution in [-0.4, -0.2) is 48.1 Å². The maximum atomic E-state index is 4.67. The van der Waals surface area contributed by atoms with Crippen LogP contribution in [0.2, 0.25) is 0 Å². The van der Waals surface area contributed by atoms with Gasteiger partial charge >= 0.3 is 0 Å². The summed E-state index contributed by atoms with van der Waals surface area (Å²) in [5, 5.41) is 8.67. The molecule has 0 unspecified atom stereocenters. The highest BCUT2D eigenvalue weighted by molar-refractivity contribution is 5.96. The van der Waals surface area contributed by atoms with Crippen molar-refractivity contribution in [3.63, 3.8) is 0 Å². The maximum Gasteiger partial charge on any atom is 0.116 e. The third-order valence-electron chi connectivity index (χ3n) is 6.04. The van der Waals surface area contributed by atoms with E-state index in [0.29, 0.717) is 0 Å². The Balaban J connectivity index is 1.36. The SMILES string of the molecule is c1cnc2cc(-c3n[nH]c4cnc(-c5cncc(CN6CCCCC6)c5)cc34)[nH]c2c1. The monoisotopic (exact) mass is 409 g/mol. The lowest BCUT2D eigenvalue weighted by Gasteiger charge is -2.26. The summed E-state index contributed by atoms with van der Waals surface area (Å²) in [6.45, 7) is 3.29. The van der Waals surface area contributed by atoms with Gasteiger partial charge in [-0.25, -0.2) is 0 Å². The Morgan fingerprint density at radius 1 is 0.935 bits per heavy atom. The van der Waals surface area contributed by atoms with Crippen LogP contribution in [0.1, 0.15) is 24.8 Å². The summed E-state index contributed by atoms with van der Waals surface area (Å²) in [7, 11) is 0. The summed E-state index contributed by atoms with van der Waals surface area (Å²) in [6, 6.07) is 10.3. The predicted octanol–water partition coefficient (Wildman–Crippen LogP) is 4.55. The fourth-order valence-electron chi connectivity index (χ4n) is 4.45. The number of nitrogens with one attached hydrogen (secondary N) is 2. The van der Waals surface area contributed by atoms with E-state index in [2.05, 4.69) is 47.2 Å². The van der Waals surface area contributed by atoms with Gasteiger partial charge in [-0.2, -0.15) is 5.10 Å². The number of piperidine rings is 1. The molecule has 6 rings (SSSR count). The topological polar surface area (TPSA) is 86.4 Å². The lowest BCUT2D eigenvalue weighted by Crippen LogP contribution is -2.29. The van der Waals surface area contributed by atoms with Gasteiger partial charge in [-0.05, 0) is 61.8 Å². The van der Waals surface area contributed by atoms with Gasteiger partial charge in [0.15, 0.2) is 0 Å². The van der Waals surface area contributed by atoms with Crippen molar-refractivity contribution in [2.75, 3.05) is 13.1 Å². The second-order valence-electron chi connectivity index (χ2n) is 8.23. The Kier molecular flexibility index (Phi) is 4.46. The van der Waals surface area contributed by atoms with Gasteiger partial charge < -0.3 is 4.98 Å². The smallest absolute Gasteiger partial charge is 0.116 e. The van der Waals surface area contributed by atoms with E-state index in [0.717, 1.165) is 51.1 Å². The molecular formula is C24H23N7. The number of aromatic nitrogens is 6. The van der Waals surface area contributed by atoms with Crippen molar-refractivity contribution in [1.29, 1.82) is 0 Å². The van der Waals surface area contributed by atoms with Crippen LogP contribution >= 0.6 is 0 Å². The van der Waals surface area contributed by atoms with E-state index in [1.807, 2.05) is 36.8 Å². The van der Waals surface area contributed by atoms with Gasteiger partial charge in [0.2, 0.25) is 0 Å². The molecule has 0 atom stereocenters. The van der Waals surface area contributed by atoms with Crippen LogP contribution in [0, 0.1) is 0 Å². The molecule has 154 valence electrons. The zero-order chi connectivity index (χ0) is 20.6. The van der Waals surface area contributed by atoms with E-state index in [9.17, 15) is 0 Å². The minimum atomic E-state index is 0.870. The molecule has 5 aromatic heterocycles. The lowest BCUT2D eigenvalue weighted by molar-refractivity contribution is 0.220.